The Balaban J connectivity index is 1.58. The smallest absolute Gasteiger partial charge is 0.410 e. The van der Waals surface area contributed by atoms with E-state index >= 15 is 0 Å². The van der Waals surface area contributed by atoms with Crippen molar-refractivity contribution in [1.29, 1.82) is 0 Å². The molecule has 474 valence electrons. The fraction of sp³-hybridized carbons (Fsp3) is 0.635. The first-order valence-electron chi connectivity index (χ1n) is 29.8. The molecule has 3 heterocycles. The molecule has 0 radical (unpaired) electrons. The Morgan fingerprint density at radius 3 is 0.744 bits per heavy atom. The summed E-state index contributed by atoms with van der Waals surface area (Å²) in [6, 6.07) is 18.1. The third kappa shape index (κ3) is 20.8. The summed E-state index contributed by atoms with van der Waals surface area (Å²) in [7, 11) is 0. The number of rotatable bonds is 3. The molecule has 2 aliphatic heterocycles. The van der Waals surface area contributed by atoms with Gasteiger partial charge in [-0.25, -0.2) is 28.8 Å². The summed E-state index contributed by atoms with van der Waals surface area (Å²) >= 11 is 0. The molecular formula is C63H95N11O12. The van der Waals surface area contributed by atoms with Gasteiger partial charge in [0.15, 0.2) is 5.82 Å². The van der Waals surface area contributed by atoms with Crippen LogP contribution in [-0.2, 0) is 28.4 Å². The number of carbonyl (C=O) groups is 6. The highest BCUT2D eigenvalue weighted by Gasteiger charge is 2.34. The molecule has 0 spiro atoms. The lowest BCUT2D eigenvalue weighted by molar-refractivity contribution is 0.00797. The number of carbonyl (C=O) groups excluding carboxylic acids is 6. The van der Waals surface area contributed by atoms with Crippen LogP contribution in [0.25, 0.3) is 32.9 Å². The van der Waals surface area contributed by atoms with Gasteiger partial charge in [-0.05, 0) is 152 Å². The lowest BCUT2D eigenvalue weighted by Gasteiger charge is -2.36. The fourth-order valence-corrected chi connectivity index (χ4v) is 9.28. The van der Waals surface area contributed by atoms with Crippen LogP contribution in [0, 0.1) is 0 Å². The molecule has 86 heavy (non-hydrogen) atoms. The van der Waals surface area contributed by atoms with Crippen LogP contribution in [0.3, 0.4) is 0 Å². The molecule has 23 nitrogen and oxygen atoms in total. The number of ether oxygens (including phenoxy) is 6. The Morgan fingerprint density at radius 1 is 0.314 bits per heavy atom. The van der Waals surface area contributed by atoms with Crippen LogP contribution in [0.2, 0.25) is 0 Å². The quantitative estimate of drug-likeness (QED) is 0.137. The molecule has 4 aromatic rings. The van der Waals surface area contributed by atoms with Crippen molar-refractivity contribution in [1.82, 2.24) is 44.4 Å². The molecule has 0 aliphatic carbocycles. The van der Waals surface area contributed by atoms with Gasteiger partial charge in [0.05, 0.1) is 0 Å². The van der Waals surface area contributed by atoms with Crippen LogP contribution >= 0.6 is 0 Å². The zero-order valence-corrected chi connectivity index (χ0v) is 54.3. The Morgan fingerprint density at radius 2 is 0.523 bits per heavy atom. The average molecular weight is 1200 g/mol. The minimum atomic E-state index is -0.865. The third-order valence-electron chi connectivity index (χ3n) is 13.2. The van der Waals surface area contributed by atoms with Crippen LogP contribution in [-0.4, -0.2) is 219 Å². The second kappa shape index (κ2) is 27.4. The minimum Gasteiger partial charge on any atom is -0.444 e. The SMILES string of the molecule is CC(C)(C)OC(=O)N1CCN(C(=O)OC(C)(C)C)CCN(c2nc(-c3c4ccccc4cc4ccccc34)nc(N3CCN(C(=O)OC(C)(C)C)CCN(C(=O)OC(C)(C)C)CCN(C(=O)OC(C)(C)C)CC3)n2)CCN(C(=O)OC(C)(C)C)CC1. The van der Waals surface area contributed by atoms with Gasteiger partial charge >= 0.3 is 36.6 Å². The van der Waals surface area contributed by atoms with E-state index < -0.39 is 70.2 Å². The van der Waals surface area contributed by atoms with Crippen molar-refractivity contribution >= 4 is 70.0 Å². The lowest BCUT2D eigenvalue weighted by Crippen LogP contribution is -2.52. The van der Waals surface area contributed by atoms with E-state index in [4.69, 9.17) is 43.4 Å². The number of aromatic nitrogens is 3. The topological polar surface area (TPSA) is 222 Å². The van der Waals surface area contributed by atoms with Crippen LogP contribution in [0.5, 0.6) is 0 Å². The predicted molar refractivity (Wildman–Crippen MR) is 332 cm³/mol. The highest BCUT2D eigenvalue weighted by Crippen LogP contribution is 2.36. The molecule has 3 aromatic carbocycles. The second-order valence-corrected chi connectivity index (χ2v) is 27.7. The van der Waals surface area contributed by atoms with Gasteiger partial charge in [-0.15, -0.1) is 0 Å². The fourth-order valence-electron chi connectivity index (χ4n) is 9.28. The first kappa shape index (κ1) is 67.5. The number of amides is 6. The molecule has 6 amide bonds. The molecular weight excluding hydrogens is 1100 g/mol. The van der Waals surface area contributed by atoms with Crippen molar-refractivity contribution in [3.05, 3.63) is 54.6 Å². The standard InChI is InChI=1S/C63H95N11O12/c1-58(2,3)81-52(75)69-31-27-67(28-32-70(53(76)82-59(4,5)6)36-40-73(39-35-69)56(79)85-62(13,14)15)50-64-49(48-46-25-21-19-23-44(46)43-45-24-20-22-26-47(45)48)65-51(66-50)68-29-33-71(54(77)83-60(7,8)9)37-41-74(57(80)86-63(16,17)18)42-38-72(34-30-68)55(78)84-61(10,11)12/h19-26,43H,27-42H2,1-18H3. The summed E-state index contributed by atoms with van der Waals surface area (Å²) in [5.74, 6) is 0.682. The van der Waals surface area contributed by atoms with Gasteiger partial charge in [-0.3, -0.25) is 0 Å². The van der Waals surface area contributed by atoms with Gasteiger partial charge in [0.25, 0.3) is 0 Å². The van der Waals surface area contributed by atoms with Gasteiger partial charge in [-0.1, -0.05) is 48.5 Å². The molecule has 2 aliphatic rings. The van der Waals surface area contributed by atoms with Gasteiger partial charge in [0.2, 0.25) is 11.9 Å². The van der Waals surface area contributed by atoms with Crippen molar-refractivity contribution in [2.24, 2.45) is 0 Å². The molecule has 0 bridgehead atoms. The van der Waals surface area contributed by atoms with E-state index in [9.17, 15) is 28.8 Å². The number of nitrogens with zero attached hydrogens (tertiary/aromatic N) is 11. The van der Waals surface area contributed by atoms with E-state index in [1.807, 2.05) is 58.3 Å². The van der Waals surface area contributed by atoms with E-state index in [0.717, 1.165) is 21.5 Å². The maximum absolute atomic E-state index is 14.3. The zero-order valence-electron chi connectivity index (χ0n) is 54.3. The summed E-state index contributed by atoms with van der Waals surface area (Å²) in [6.45, 7) is 33.0. The first-order valence-corrected chi connectivity index (χ1v) is 29.8. The third-order valence-corrected chi connectivity index (χ3v) is 13.2. The van der Waals surface area contributed by atoms with Crippen molar-refractivity contribution in [3.8, 4) is 11.4 Å². The molecule has 1 aromatic heterocycles. The summed E-state index contributed by atoms with van der Waals surface area (Å²) < 4.78 is 35.6. The summed E-state index contributed by atoms with van der Waals surface area (Å²) in [5, 5.41) is 3.59. The molecule has 23 heteroatoms. The number of hydrogen-bond acceptors (Lipinski definition) is 17. The second-order valence-electron chi connectivity index (χ2n) is 27.7. The summed E-state index contributed by atoms with van der Waals surface area (Å²) in [5.41, 5.74) is -4.41. The number of fused-ring (bicyclic) bond motifs is 2. The predicted octanol–water partition coefficient (Wildman–Crippen LogP) is 10.9. The largest absolute Gasteiger partial charge is 0.444 e. The van der Waals surface area contributed by atoms with Crippen LogP contribution in [0.15, 0.2) is 54.6 Å². The first-order chi connectivity index (χ1) is 39.8. The van der Waals surface area contributed by atoms with Crippen molar-refractivity contribution < 1.29 is 57.2 Å². The zero-order chi connectivity index (χ0) is 63.7. The molecule has 0 N–H and O–H groups in total. The Kier molecular flexibility index (Phi) is 21.5. The molecule has 0 saturated carbocycles. The van der Waals surface area contributed by atoms with Crippen LogP contribution in [0.4, 0.5) is 40.7 Å². The van der Waals surface area contributed by atoms with Crippen LogP contribution in [0.1, 0.15) is 125 Å². The van der Waals surface area contributed by atoms with E-state index in [1.54, 1.807) is 144 Å². The average Bonchev–Trinajstić information content (AvgIpc) is 0.817. The van der Waals surface area contributed by atoms with Crippen LogP contribution < -0.4 is 9.80 Å². The molecule has 6 rings (SSSR count). The maximum Gasteiger partial charge on any atom is 0.410 e. The van der Waals surface area contributed by atoms with Gasteiger partial charge in [0, 0.05) is 110 Å². The van der Waals surface area contributed by atoms with Crippen molar-refractivity contribution in [3.63, 3.8) is 0 Å². The number of hydrogen-bond donors (Lipinski definition) is 0. The Hall–Kier alpha value is -7.59. The summed E-state index contributed by atoms with van der Waals surface area (Å²) in [6.07, 6.45) is -3.64. The minimum absolute atomic E-state index is 0.0374. The molecule has 2 saturated heterocycles. The molecule has 0 atom stereocenters. The van der Waals surface area contributed by atoms with E-state index in [0.29, 0.717) is 11.4 Å². The van der Waals surface area contributed by atoms with Gasteiger partial charge in [-0.2, -0.15) is 15.0 Å². The molecule has 2 fully saturated rings. The highest BCUT2D eigenvalue weighted by molar-refractivity contribution is 6.11. The van der Waals surface area contributed by atoms with E-state index in [1.165, 1.54) is 9.80 Å². The highest BCUT2D eigenvalue weighted by atomic mass is 16.6. The van der Waals surface area contributed by atoms with Gasteiger partial charge in [0.1, 0.15) is 33.6 Å². The van der Waals surface area contributed by atoms with E-state index in [2.05, 4.69) is 6.07 Å². The maximum atomic E-state index is 14.3. The van der Waals surface area contributed by atoms with Crippen molar-refractivity contribution in [2.75, 3.05) is 115 Å². The van der Waals surface area contributed by atoms with Gasteiger partial charge < -0.3 is 67.6 Å². The molecule has 0 unspecified atom stereocenters. The normalized spacial score (nSPS) is 16.5. The monoisotopic (exact) mass is 1200 g/mol. The number of benzene rings is 3. The van der Waals surface area contributed by atoms with E-state index in [-0.39, 0.29) is 117 Å². The Bertz CT molecular complexity index is 2740. The summed E-state index contributed by atoms with van der Waals surface area (Å²) in [4.78, 5) is 114. The number of anilines is 2. The lowest BCUT2D eigenvalue weighted by atomic mass is 9.96. The van der Waals surface area contributed by atoms with Crippen molar-refractivity contribution in [2.45, 2.75) is 158 Å². The Labute approximate surface area is 508 Å².